The second kappa shape index (κ2) is 5.51. The van der Waals surface area contributed by atoms with Gasteiger partial charge < -0.3 is 4.74 Å². The number of hydrogen-bond donors (Lipinski definition) is 0. The molecule has 2 heteroatoms. The van der Waals surface area contributed by atoms with Gasteiger partial charge in [-0.1, -0.05) is 13.5 Å². The van der Waals surface area contributed by atoms with E-state index >= 15 is 0 Å². The Morgan fingerprint density at radius 3 is 2.89 bits per heavy atom. The first-order valence-electron chi connectivity index (χ1n) is 3.02. The first-order chi connectivity index (χ1) is 4.31. The molecule has 0 bridgehead atoms. The van der Waals surface area contributed by atoms with Crippen LogP contribution in [0.2, 0.25) is 0 Å². The molecule has 0 radical (unpaired) electrons. The fraction of sp³-hybridized carbons (Fsp3) is 0.571. The largest absolute Gasteiger partial charge is 0.377 e. The minimum Gasteiger partial charge on any atom is -0.377 e. The van der Waals surface area contributed by atoms with E-state index in [1.807, 2.05) is 6.92 Å². The molecule has 0 aliphatic carbocycles. The van der Waals surface area contributed by atoms with Crippen molar-refractivity contribution in [2.45, 2.75) is 13.3 Å². The predicted octanol–water partition coefficient (Wildman–Crippen LogP) is 1.17. The van der Waals surface area contributed by atoms with Crippen molar-refractivity contribution in [3.05, 3.63) is 12.2 Å². The number of aldehydes is 1. The molecule has 9 heavy (non-hydrogen) atoms. The van der Waals surface area contributed by atoms with Crippen molar-refractivity contribution in [2.75, 3.05) is 13.2 Å². The summed E-state index contributed by atoms with van der Waals surface area (Å²) in [4.78, 5) is 9.92. The lowest BCUT2D eigenvalue weighted by atomic mass is 10.4. The first-order valence-corrected chi connectivity index (χ1v) is 3.02. The lowest BCUT2D eigenvalue weighted by Gasteiger charge is -1.97. The van der Waals surface area contributed by atoms with Gasteiger partial charge in [-0.3, -0.25) is 4.79 Å². The molecule has 0 aromatic carbocycles. The zero-order chi connectivity index (χ0) is 7.11. The molecule has 0 rings (SSSR count). The Morgan fingerprint density at radius 2 is 2.44 bits per heavy atom. The summed E-state index contributed by atoms with van der Waals surface area (Å²) in [5.74, 6) is 0. The highest BCUT2D eigenvalue weighted by Crippen LogP contribution is 1.86. The van der Waals surface area contributed by atoms with E-state index in [1.54, 1.807) is 0 Å². The van der Waals surface area contributed by atoms with Crippen LogP contribution in [0, 0.1) is 0 Å². The Kier molecular flexibility index (Phi) is 5.12. The Hall–Kier alpha value is -0.630. The SMILES string of the molecule is C=C(C=O)COCCC. The quantitative estimate of drug-likeness (QED) is 0.315. The van der Waals surface area contributed by atoms with Crippen LogP contribution >= 0.6 is 0 Å². The van der Waals surface area contributed by atoms with Crippen molar-refractivity contribution >= 4 is 6.29 Å². The van der Waals surface area contributed by atoms with Crippen LogP contribution in [0.4, 0.5) is 0 Å². The maximum absolute atomic E-state index is 9.92. The van der Waals surface area contributed by atoms with Gasteiger partial charge in [-0.25, -0.2) is 0 Å². The van der Waals surface area contributed by atoms with Crippen molar-refractivity contribution < 1.29 is 9.53 Å². The molecular formula is C7H12O2. The van der Waals surface area contributed by atoms with Crippen LogP contribution in [-0.4, -0.2) is 19.5 Å². The zero-order valence-corrected chi connectivity index (χ0v) is 5.72. The monoisotopic (exact) mass is 128 g/mol. The van der Waals surface area contributed by atoms with Crippen LogP contribution in [-0.2, 0) is 9.53 Å². The summed E-state index contributed by atoms with van der Waals surface area (Å²) in [7, 11) is 0. The Balaban J connectivity index is 3.07. The Labute approximate surface area is 55.5 Å². The molecule has 0 unspecified atom stereocenters. The summed E-state index contributed by atoms with van der Waals surface area (Å²) < 4.78 is 5.00. The summed E-state index contributed by atoms with van der Waals surface area (Å²) >= 11 is 0. The van der Waals surface area contributed by atoms with Crippen molar-refractivity contribution in [3.8, 4) is 0 Å². The molecule has 0 saturated carbocycles. The number of hydrogen-bond acceptors (Lipinski definition) is 2. The molecule has 0 saturated heterocycles. The van der Waals surface area contributed by atoms with Gasteiger partial charge in [0, 0.05) is 12.2 Å². The zero-order valence-electron chi connectivity index (χ0n) is 5.72. The van der Waals surface area contributed by atoms with E-state index in [-0.39, 0.29) is 0 Å². The molecule has 0 aliphatic heterocycles. The minimum atomic E-state index is 0.372. The highest BCUT2D eigenvalue weighted by atomic mass is 16.5. The highest BCUT2D eigenvalue weighted by Gasteiger charge is 1.88. The van der Waals surface area contributed by atoms with Crippen LogP contribution in [0.1, 0.15) is 13.3 Å². The van der Waals surface area contributed by atoms with Gasteiger partial charge in [-0.05, 0) is 6.42 Å². The molecule has 52 valence electrons. The molecule has 0 fully saturated rings. The summed E-state index contributed by atoms with van der Waals surface area (Å²) in [6.07, 6.45) is 1.70. The maximum Gasteiger partial charge on any atom is 0.147 e. The van der Waals surface area contributed by atoms with Gasteiger partial charge >= 0.3 is 0 Å². The van der Waals surface area contributed by atoms with E-state index in [0.29, 0.717) is 18.8 Å². The van der Waals surface area contributed by atoms with Gasteiger partial charge in [0.1, 0.15) is 6.29 Å². The average molecular weight is 128 g/mol. The number of rotatable bonds is 5. The van der Waals surface area contributed by atoms with Crippen molar-refractivity contribution in [3.63, 3.8) is 0 Å². The third-order valence-electron chi connectivity index (χ3n) is 0.803. The molecular weight excluding hydrogens is 116 g/mol. The van der Waals surface area contributed by atoms with Gasteiger partial charge in [0.05, 0.1) is 6.61 Å². The van der Waals surface area contributed by atoms with Crippen molar-refractivity contribution in [1.29, 1.82) is 0 Å². The van der Waals surface area contributed by atoms with Gasteiger partial charge in [0.25, 0.3) is 0 Å². The molecule has 0 atom stereocenters. The van der Waals surface area contributed by atoms with Gasteiger partial charge in [0.15, 0.2) is 0 Å². The highest BCUT2D eigenvalue weighted by molar-refractivity contribution is 5.72. The average Bonchev–Trinajstić information content (AvgIpc) is 1.89. The molecule has 0 aromatic rings. The molecule has 0 aromatic heterocycles. The molecule has 0 N–H and O–H groups in total. The third kappa shape index (κ3) is 5.24. The standard InChI is InChI=1S/C7H12O2/c1-3-4-9-6-7(2)5-8/h5H,2-4,6H2,1H3. The van der Waals surface area contributed by atoms with Crippen LogP contribution in [0.15, 0.2) is 12.2 Å². The second-order valence-electron chi connectivity index (χ2n) is 1.83. The van der Waals surface area contributed by atoms with E-state index in [1.165, 1.54) is 0 Å². The lowest BCUT2D eigenvalue weighted by Crippen LogP contribution is -1.98. The fourth-order valence-corrected chi connectivity index (χ4v) is 0.382. The topological polar surface area (TPSA) is 26.3 Å². The fourth-order valence-electron chi connectivity index (χ4n) is 0.382. The number of carbonyl (C=O) groups excluding carboxylic acids is 1. The van der Waals surface area contributed by atoms with Crippen molar-refractivity contribution in [2.24, 2.45) is 0 Å². The number of ether oxygens (including phenoxy) is 1. The molecule has 0 spiro atoms. The summed E-state index contributed by atoms with van der Waals surface area (Å²) in [6, 6.07) is 0. The molecule has 0 amide bonds. The summed E-state index contributed by atoms with van der Waals surface area (Å²) in [5, 5.41) is 0. The molecule has 0 heterocycles. The van der Waals surface area contributed by atoms with E-state index in [9.17, 15) is 4.79 Å². The third-order valence-corrected chi connectivity index (χ3v) is 0.803. The summed E-state index contributed by atoms with van der Waals surface area (Å²) in [5.41, 5.74) is 0.503. The molecule has 2 nitrogen and oxygen atoms in total. The molecule has 0 aliphatic rings. The van der Waals surface area contributed by atoms with Crippen LogP contribution in [0.25, 0.3) is 0 Å². The van der Waals surface area contributed by atoms with Gasteiger partial charge in [-0.2, -0.15) is 0 Å². The minimum absolute atomic E-state index is 0.372. The van der Waals surface area contributed by atoms with Crippen LogP contribution in [0.3, 0.4) is 0 Å². The predicted molar refractivity (Wildman–Crippen MR) is 36.3 cm³/mol. The van der Waals surface area contributed by atoms with E-state index in [4.69, 9.17) is 4.74 Å². The summed E-state index contributed by atoms with van der Waals surface area (Å²) in [6.45, 7) is 6.54. The van der Waals surface area contributed by atoms with Gasteiger partial charge in [-0.15, -0.1) is 0 Å². The van der Waals surface area contributed by atoms with Crippen LogP contribution < -0.4 is 0 Å². The first kappa shape index (κ1) is 8.37. The van der Waals surface area contributed by atoms with Crippen LogP contribution in [0.5, 0.6) is 0 Å². The smallest absolute Gasteiger partial charge is 0.147 e. The Morgan fingerprint density at radius 1 is 1.78 bits per heavy atom. The normalized spacial score (nSPS) is 9.00. The lowest BCUT2D eigenvalue weighted by molar-refractivity contribution is -0.105. The van der Waals surface area contributed by atoms with E-state index in [2.05, 4.69) is 6.58 Å². The van der Waals surface area contributed by atoms with Crippen molar-refractivity contribution in [1.82, 2.24) is 0 Å². The van der Waals surface area contributed by atoms with E-state index < -0.39 is 0 Å². The van der Waals surface area contributed by atoms with E-state index in [0.717, 1.165) is 12.7 Å². The second-order valence-corrected chi connectivity index (χ2v) is 1.83. The Bertz CT molecular complexity index is 97.1. The van der Waals surface area contributed by atoms with Gasteiger partial charge in [0.2, 0.25) is 0 Å². The maximum atomic E-state index is 9.92. The number of carbonyl (C=O) groups is 1.